The second-order valence-electron chi connectivity index (χ2n) is 13.1. The molecule has 17 nitrogen and oxygen atoms in total. The summed E-state index contributed by atoms with van der Waals surface area (Å²) < 4.78 is 0. The Hall–Kier alpha value is -5.22. The van der Waals surface area contributed by atoms with E-state index in [2.05, 4.69) is 26.6 Å². The maximum Gasteiger partial charge on any atom is 0.326 e. The first-order valence-corrected chi connectivity index (χ1v) is 16.2. The molecule has 0 aliphatic carbocycles. The van der Waals surface area contributed by atoms with Crippen LogP contribution < -0.4 is 32.3 Å². The van der Waals surface area contributed by atoms with Crippen LogP contribution in [-0.4, -0.2) is 92.9 Å². The van der Waals surface area contributed by atoms with Gasteiger partial charge >= 0.3 is 11.9 Å². The summed E-state index contributed by atoms with van der Waals surface area (Å²) in [7, 11) is 0. The van der Waals surface area contributed by atoms with Gasteiger partial charge in [0.05, 0.1) is 12.8 Å². The minimum atomic E-state index is -1.79. The van der Waals surface area contributed by atoms with Gasteiger partial charge in [0.25, 0.3) is 0 Å². The molecule has 0 saturated carbocycles. The number of benzene rings is 1. The topological polar surface area (TPSA) is 283 Å². The fraction of sp³-hybridized carbons (Fsp3) is 0.576. The largest absolute Gasteiger partial charge is 0.508 e. The van der Waals surface area contributed by atoms with Crippen LogP contribution in [0.2, 0.25) is 0 Å². The number of nitrogens with one attached hydrogen (secondary N) is 5. The van der Waals surface area contributed by atoms with Crippen molar-refractivity contribution in [2.75, 3.05) is 0 Å². The first kappa shape index (κ1) is 42.8. The predicted molar refractivity (Wildman–Crippen MR) is 179 cm³/mol. The number of hydrogen-bond donors (Lipinski definition) is 9. The average Bonchev–Trinajstić information content (AvgIpc) is 2.99. The summed E-state index contributed by atoms with van der Waals surface area (Å²) in [6.07, 6.45) is -1.33. The molecule has 0 aliphatic heterocycles. The van der Waals surface area contributed by atoms with Crippen molar-refractivity contribution in [1.29, 1.82) is 0 Å². The molecule has 1 rings (SSSR count). The molecular formula is C33H50N6O11. The molecule has 0 heterocycles. The third-order valence-electron chi connectivity index (χ3n) is 7.46. The number of carboxylic acid groups (broad SMARTS) is 2. The molecule has 0 bridgehead atoms. The van der Waals surface area contributed by atoms with Gasteiger partial charge in [-0.25, -0.2) is 4.79 Å². The van der Waals surface area contributed by atoms with Crippen LogP contribution in [0.5, 0.6) is 5.75 Å². The third-order valence-corrected chi connectivity index (χ3v) is 7.46. The first-order valence-electron chi connectivity index (χ1n) is 16.2. The van der Waals surface area contributed by atoms with E-state index in [-0.39, 0.29) is 24.5 Å². The van der Waals surface area contributed by atoms with Crippen molar-refractivity contribution < 1.29 is 53.7 Å². The Morgan fingerprint density at radius 3 is 1.56 bits per heavy atom. The maximum absolute atomic E-state index is 13.4. The number of carbonyl (C=O) groups excluding carboxylic acids is 6. The zero-order valence-electron chi connectivity index (χ0n) is 29.1. The number of aromatic hydroxyl groups is 1. The number of hydrogen-bond acceptors (Lipinski definition) is 9. The highest BCUT2D eigenvalue weighted by Gasteiger charge is 2.35. The second kappa shape index (κ2) is 20.3. The molecule has 1 aromatic rings. The Morgan fingerprint density at radius 1 is 0.640 bits per heavy atom. The number of rotatable bonds is 21. The summed E-state index contributed by atoms with van der Waals surface area (Å²) >= 11 is 0. The number of carboxylic acids is 2. The first-order chi connectivity index (χ1) is 23.2. The van der Waals surface area contributed by atoms with Gasteiger partial charge in [-0.1, -0.05) is 53.7 Å². The maximum atomic E-state index is 13.4. The predicted octanol–water partition coefficient (Wildman–Crippen LogP) is -0.458. The molecule has 6 amide bonds. The fourth-order valence-corrected chi connectivity index (χ4v) is 4.77. The molecule has 0 saturated heterocycles. The van der Waals surface area contributed by atoms with Gasteiger partial charge in [-0.3, -0.25) is 33.6 Å². The summed E-state index contributed by atoms with van der Waals surface area (Å²) in [6.45, 7) is 9.99. The number of aryl methyl sites for hydroxylation is 1. The van der Waals surface area contributed by atoms with Gasteiger partial charge in [0.15, 0.2) is 0 Å². The van der Waals surface area contributed by atoms with Crippen molar-refractivity contribution in [3.05, 3.63) is 29.8 Å². The van der Waals surface area contributed by atoms with E-state index in [4.69, 9.17) is 5.73 Å². The van der Waals surface area contributed by atoms with Gasteiger partial charge in [0.2, 0.25) is 35.4 Å². The lowest BCUT2D eigenvalue weighted by Crippen LogP contribution is -2.61. The van der Waals surface area contributed by atoms with Gasteiger partial charge in [-0.05, 0) is 48.3 Å². The summed E-state index contributed by atoms with van der Waals surface area (Å²) in [4.78, 5) is 101. The lowest BCUT2D eigenvalue weighted by atomic mass is 9.98. The minimum Gasteiger partial charge on any atom is -0.508 e. The van der Waals surface area contributed by atoms with Crippen molar-refractivity contribution in [3.8, 4) is 5.75 Å². The molecule has 0 unspecified atom stereocenters. The number of phenolic OH excluding ortho intramolecular Hbond substituents is 1. The molecule has 0 fully saturated rings. The number of aliphatic carboxylic acids is 2. The van der Waals surface area contributed by atoms with E-state index >= 15 is 0 Å². The van der Waals surface area contributed by atoms with Crippen molar-refractivity contribution in [1.82, 2.24) is 26.6 Å². The Bertz CT molecular complexity index is 1380. The quantitative estimate of drug-likeness (QED) is 0.0789. The second-order valence-corrected chi connectivity index (χ2v) is 13.1. The molecule has 50 heavy (non-hydrogen) atoms. The van der Waals surface area contributed by atoms with Gasteiger partial charge in [-0.15, -0.1) is 0 Å². The molecule has 0 radical (unpaired) electrons. The Morgan fingerprint density at radius 2 is 1.10 bits per heavy atom. The van der Waals surface area contributed by atoms with Crippen LogP contribution in [0.15, 0.2) is 24.3 Å². The fourth-order valence-electron chi connectivity index (χ4n) is 4.77. The summed E-state index contributed by atoms with van der Waals surface area (Å²) in [5.74, 6) is -9.30. The van der Waals surface area contributed by atoms with Crippen LogP contribution in [0.3, 0.4) is 0 Å². The van der Waals surface area contributed by atoms with E-state index in [0.717, 1.165) is 5.56 Å². The normalized spacial score (nSPS) is 14.1. The van der Waals surface area contributed by atoms with Crippen LogP contribution in [0.25, 0.3) is 0 Å². The SMILES string of the molecule is CC(C)C[C@H](NC(=O)[C@H](CC(=O)O)NC(=O)[C@H](CC(N)=O)NC(=O)[C@@H](NC(=O)[C@@H](NC(=O)CCc1ccc(O)cc1)C(C)C)C(C)C)C(=O)O. The molecule has 278 valence electrons. The number of carbonyl (C=O) groups is 8. The van der Waals surface area contributed by atoms with Crippen LogP contribution in [0.1, 0.15) is 72.8 Å². The van der Waals surface area contributed by atoms with E-state index in [1.165, 1.54) is 12.1 Å². The molecule has 17 heteroatoms. The van der Waals surface area contributed by atoms with Crippen LogP contribution >= 0.6 is 0 Å². The smallest absolute Gasteiger partial charge is 0.326 e. The van der Waals surface area contributed by atoms with Crippen molar-refractivity contribution >= 4 is 47.4 Å². The summed E-state index contributed by atoms with van der Waals surface area (Å²) in [5.41, 5.74) is 6.09. The molecule has 10 N–H and O–H groups in total. The number of amides is 6. The van der Waals surface area contributed by atoms with Gasteiger partial charge in [0.1, 0.15) is 36.0 Å². The Labute approximate surface area is 290 Å². The van der Waals surface area contributed by atoms with Crippen LogP contribution in [0.4, 0.5) is 0 Å². The molecule has 0 spiro atoms. The Balaban J connectivity index is 3.10. The minimum absolute atomic E-state index is 0.0125. The zero-order chi connectivity index (χ0) is 38.3. The lowest BCUT2D eigenvalue weighted by Gasteiger charge is -2.29. The molecule has 0 aromatic heterocycles. The van der Waals surface area contributed by atoms with Gasteiger partial charge in [0, 0.05) is 6.42 Å². The van der Waals surface area contributed by atoms with Crippen molar-refractivity contribution in [3.63, 3.8) is 0 Å². The highest BCUT2D eigenvalue weighted by atomic mass is 16.4. The number of nitrogens with two attached hydrogens (primary N) is 1. The molecular weight excluding hydrogens is 656 g/mol. The standard InChI is InChI=1S/C33H50N6O11/c1-16(2)13-23(33(49)50)37-30(46)22(15-26(43)44)35-29(45)21(14-24(34)41)36-31(47)28(18(5)6)39-32(48)27(17(3)4)38-25(42)12-9-19-7-10-20(40)11-8-19/h7-8,10-11,16-18,21-23,27-28,40H,9,12-15H2,1-6H3,(H2,34,41)(H,35,45)(H,36,47)(H,37,46)(H,38,42)(H,39,48)(H,43,44)(H,49,50)/t21-,22-,23-,27-,28-/m0/s1. The highest BCUT2D eigenvalue weighted by molar-refractivity contribution is 5.98. The van der Waals surface area contributed by atoms with Crippen molar-refractivity contribution in [2.45, 2.75) is 104 Å². The molecule has 0 aliphatic rings. The van der Waals surface area contributed by atoms with Gasteiger partial charge < -0.3 is 47.6 Å². The zero-order valence-corrected chi connectivity index (χ0v) is 29.1. The van der Waals surface area contributed by atoms with Crippen LogP contribution in [0, 0.1) is 17.8 Å². The lowest BCUT2D eigenvalue weighted by molar-refractivity contribution is -0.144. The van der Waals surface area contributed by atoms with E-state index in [1.54, 1.807) is 53.7 Å². The summed E-state index contributed by atoms with van der Waals surface area (Å²) in [5, 5.41) is 40.2. The monoisotopic (exact) mass is 706 g/mol. The summed E-state index contributed by atoms with van der Waals surface area (Å²) in [6, 6.07) is -0.919. The third kappa shape index (κ3) is 15.3. The van der Waals surface area contributed by atoms with E-state index < -0.39 is 102 Å². The highest BCUT2D eigenvalue weighted by Crippen LogP contribution is 2.13. The molecule has 1 aromatic carbocycles. The van der Waals surface area contributed by atoms with E-state index in [0.29, 0.717) is 6.42 Å². The average molecular weight is 707 g/mol. The number of primary amides is 1. The van der Waals surface area contributed by atoms with Crippen molar-refractivity contribution in [2.24, 2.45) is 23.5 Å². The van der Waals surface area contributed by atoms with Crippen LogP contribution in [-0.2, 0) is 44.8 Å². The Kier molecular flexibility index (Phi) is 17.4. The number of phenols is 1. The van der Waals surface area contributed by atoms with Gasteiger partial charge in [-0.2, -0.15) is 0 Å². The van der Waals surface area contributed by atoms with E-state index in [1.807, 2.05) is 0 Å². The molecule has 5 atom stereocenters. The van der Waals surface area contributed by atoms with E-state index in [9.17, 15) is 53.7 Å².